The van der Waals surface area contributed by atoms with Gasteiger partial charge in [0.15, 0.2) is 11.5 Å². The van der Waals surface area contributed by atoms with Crippen molar-refractivity contribution in [1.82, 2.24) is 10.2 Å². The Labute approximate surface area is 209 Å². The molecule has 8 nitrogen and oxygen atoms in total. The quantitative estimate of drug-likeness (QED) is 0.387. The van der Waals surface area contributed by atoms with Crippen LogP contribution in [0.2, 0.25) is 0 Å². The second-order valence-corrected chi connectivity index (χ2v) is 10.6. The van der Waals surface area contributed by atoms with E-state index < -0.39 is 23.4 Å². The van der Waals surface area contributed by atoms with Gasteiger partial charge in [-0.15, -0.1) is 0 Å². The second-order valence-electron chi connectivity index (χ2n) is 10.6. The summed E-state index contributed by atoms with van der Waals surface area (Å²) >= 11 is 0. The molecule has 4 N–H and O–H groups in total. The third kappa shape index (κ3) is 3.20. The molecule has 1 spiro atoms. The van der Waals surface area contributed by atoms with Gasteiger partial charge in [-0.1, -0.05) is 44.4 Å². The van der Waals surface area contributed by atoms with Crippen LogP contribution in [0.4, 0.5) is 5.69 Å². The van der Waals surface area contributed by atoms with Crippen molar-refractivity contribution in [1.29, 1.82) is 0 Å². The van der Waals surface area contributed by atoms with Gasteiger partial charge in [-0.05, 0) is 55.0 Å². The van der Waals surface area contributed by atoms with Crippen molar-refractivity contribution in [3.63, 3.8) is 0 Å². The van der Waals surface area contributed by atoms with E-state index in [2.05, 4.69) is 10.6 Å². The Morgan fingerprint density at radius 3 is 2.42 bits per heavy atom. The number of fused-ring (bicyclic) bond motifs is 4. The molecule has 6 rings (SSSR count). The number of carbonyl (C=O) groups is 3. The topological polar surface area (TPSA) is 119 Å². The Bertz CT molecular complexity index is 1270. The highest BCUT2D eigenvalue weighted by Gasteiger charge is 2.70. The fourth-order valence-corrected chi connectivity index (χ4v) is 6.92. The van der Waals surface area contributed by atoms with E-state index in [0.717, 1.165) is 49.7 Å². The van der Waals surface area contributed by atoms with Gasteiger partial charge < -0.3 is 15.5 Å². The number of nitrogens with zero attached hydrogens (tertiary/aromatic N) is 1. The first-order valence-electron chi connectivity index (χ1n) is 13.0. The van der Waals surface area contributed by atoms with Crippen molar-refractivity contribution in [3.8, 4) is 11.5 Å². The molecular weight excluding hydrogens is 458 g/mol. The summed E-state index contributed by atoms with van der Waals surface area (Å²) < 4.78 is 0. The minimum absolute atomic E-state index is 0.120. The van der Waals surface area contributed by atoms with Crippen LogP contribution in [0, 0.1) is 11.8 Å². The van der Waals surface area contributed by atoms with Gasteiger partial charge in [-0.2, -0.15) is 0 Å². The third-order valence-corrected chi connectivity index (χ3v) is 8.66. The van der Waals surface area contributed by atoms with Crippen molar-refractivity contribution < 1.29 is 24.6 Å². The average molecular weight is 490 g/mol. The molecule has 3 heterocycles. The summed E-state index contributed by atoms with van der Waals surface area (Å²) in [5, 5.41) is 26.2. The molecule has 36 heavy (non-hydrogen) atoms. The lowest BCUT2D eigenvalue weighted by Crippen LogP contribution is -2.54. The van der Waals surface area contributed by atoms with E-state index in [1.54, 1.807) is 6.07 Å². The maximum Gasteiger partial charge on any atom is 0.250 e. The third-order valence-electron chi connectivity index (χ3n) is 8.66. The molecule has 3 aliphatic heterocycles. The number of imide groups is 1. The second kappa shape index (κ2) is 8.34. The zero-order chi connectivity index (χ0) is 25.2. The van der Waals surface area contributed by atoms with E-state index in [-0.39, 0.29) is 35.3 Å². The number of carbonyl (C=O) groups excluding carboxylic acids is 3. The Morgan fingerprint density at radius 2 is 1.69 bits per heavy atom. The number of rotatable bonds is 4. The zero-order valence-electron chi connectivity index (χ0n) is 20.3. The van der Waals surface area contributed by atoms with E-state index >= 15 is 0 Å². The van der Waals surface area contributed by atoms with Crippen LogP contribution >= 0.6 is 0 Å². The number of amides is 3. The van der Waals surface area contributed by atoms with Gasteiger partial charge in [0, 0.05) is 23.3 Å². The SMILES string of the molecule is CCc1ccc2c(c1)[C@]1(N[C@H](Cc3ccc(O)c(O)c3)[C@H]3C(=O)N(C4CCCCC4)C(=O)[C@H]31)C(=O)N2. The van der Waals surface area contributed by atoms with E-state index in [9.17, 15) is 24.6 Å². The number of nitrogens with one attached hydrogen (secondary N) is 2. The highest BCUT2D eigenvalue weighted by molar-refractivity contribution is 6.15. The van der Waals surface area contributed by atoms with E-state index in [4.69, 9.17) is 0 Å². The number of benzene rings is 2. The van der Waals surface area contributed by atoms with Crippen LogP contribution in [0.1, 0.15) is 55.7 Å². The molecule has 8 heteroatoms. The van der Waals surface area contributed by atoms with Gasteiger partial charge in [0.1, 0.15) is 5.54 Å². The molecule has 2 saturated heterocycles. The molecule has 4 atom stereocenters. The Morgan fingerprint density at radius 1 is 0.944 bits per heavy atom. The van der Waals surface area contributed by atoms with Crippen LogP contribution in [-0.2, 0) is 32.8 Å². The first kappa shape index (κ1) is 23.0. The molecule has 0 aromatic heterocycles. The van der Waals surface area contributed by atoms with E-state index in [1.807, 2.05) is 25.1 Å². The molecule has 2 aromatic carbocycles. The number of likely N-dealkylation sites (tertiary alicyclic amines) is 1. The van der Waals surface area contributed by atoms with Gasteiger partial charge in [0.25, 0.3) is 0 Å². The largest absolute Gasteiger partial charge is 0.504 e. The number of phenols is 2. The molecule has 1 saturated carbocycles. The molecule has 3 fully saturated rings. The Hall–Kier alpha value is -3.39. The Kier molecular flexibility index (Phi) is 5.33. The molecule has 0 bridgehead atoms. The number of aromatic hydroxyl groups is 2. The maximum absolute atomic E-state index is 14.1. The molecule has 3 amide bonds. The van der Waals surface area contributed by atoms with E-state index in [0.29, 0.717) is 17.7 Å². The summed E-state index contributed by atoms with van der Waals surface area (Å²) in [6.07, 6.45) is 5.79. The van der Waals surface area contributed by atoms with E-state index in [1.165, 1.54) is 17.0 Å². The van der Waals surface area contributed by atoms with Crippen molar-refractivity contribution in [3.05, 3.63) is 53.1 Å². The minimum atomic E-state index is -1.33. The smallest absolute Gasteiger partial charge is 0.250 e. The first-order chi connectivity index (χ1) is 17.3. The minimum Gasteiger partial charge on any atom is -0.504 e. The highest BCUT2D eigenvalue weighted by atomic mass is 16.3. The van der Waals surface area contributed by atoms with Crippen LogP contribution < -0.4 is 10.6 Å². The normalized spacial score (nSPS) is 29.6. The van der Waals surface area contributed by atoms with Gasteiger partial charge in [-0.25, -0.2) is 0 Å². The lowest BCUT2D eigenvalue weighted by molar-refractivity contribution is -0.146. The Balaban J connectivity index is 1.46. The molecule has 2 aromatic rings. The number of aryl methyl sites for hydroxylation is 1. The van der Waals surface area contributed by atoms with Gasteiger partial charge in [0.2, 0.25) is 17.7 Å². The predicted octanol–water partition coefficient (Wildman–Crippen LogP) is 2.96. The maximum atomic E-state index is 14.1. The standard InChI is InChI=1S/C28H31N3O5/c1-2-15-8-10-19-18(12-15)28(27(36)29-19)24-23(20(30-28)13-16-9-11-21(32)22(33)14-16)25(34)31(26(24)35)17-6-4-3-5-7-17/h8-12,14,17,20,23-24,30,32-33H,2-7,13H2,1H3,(H,29,36)/t20-,23-,24+,28-/m1/s1. The summed E-state index contributed by atoms with van der Waals surface area (Å²) in [6, 6.07) is 9.78. The van der Waals surface area contributed by atoms with Crippen LogP contribution in [0.15, 0.2) is 36.4 Å². The van der Waals surface area contributed by atoms with Gasteiger partial charge in [0.05, 0.1) is 11.8 Å². The average Bonchev–Trinajstić information content (AvgIpc) is 3.46. The molecule has 0 unspecified atom stereocenters. The summed E-state index contributed by atoms with van der Waals surface area (Å²) in [5.41, 5.74) is 1.82. The highest BCUT2D eigenvalue weighted by Crippen LogP contribution is 2.54. The summed E-state index contributed by atoms with van der Waals surface area (Å²) in [5.74, 6) is -2.77. The van der Waals surface area contributed by atoms with Crippen LogP contribution in [0.3, 0.4) is 0 Å². The molecule has 4 aliphatic rings. The summed E-state index contributed by atoms with van der Waals surface area (Å²) in [7, 11) is 0. The van der Waals surface area contributed by atoms with Crippen molar-refractivity contribution in [2.75, 3.05) is 5.32 Å². The van der Waals surface area contributed by atoms with Crippen molar-refractivity contribution in [2.24, 2.45) is 11.8 Å². The van der Waals surface area contributed by atoms with Crippen molar-refractivity contribution >= 4 is 23.4 Å². The first-order valence-corrected chi connectivity index (χ1v) is 13.0. The predicted molar refractivity (Wildman–Crippen MR) is 132 cm³/mol. The monoisotopic (exact) mass is 489 g/mol. The zero-order valence-corrected chi connectivity index (χ0v) is 20.3. The van der Waals surface area contributed by atoms with Crippen molar-refractivity contribution in [2.45, 2.75) is 69.5 Å². The lowest BCUT2D eigenvalue weighted by atomic mass is 9.76. The molecular formula is C28H31N3O5. The van der Waals surface area contributed by atoms with Crippen LogP contribution in [-0.4, -0.2) is 44.9 Å². The van der Waals surface area contributed by atoms with Gasteiger partial charge in [-0.3, -0.25) is 24.6 Å². The molecule has 0 radical (unpaired) electrons. The lowest BCUT2D eigenvalue weighted by Gasteiger charge is -2.34. The molecule has 1 aliphatic carbocycles. The fourth-order valence-electron chi connectivity index (χ4n) is 6.92. The number of anilines is 1. The van der Waals surface area contributed by atoms with Crippen LogP contribution in [0.25, 0.3) is 0 Å². The fraction of sp³-hybridized carbons (Fsp3) is 0.464. The summed E-state index contributed by atoms with van der Waals surface area (Å²) in [4.78, 5) is 43.2. The number of hydrogen-bond donors (Lipinski definition) is 4. The number of phenolic OH excluding ortho intramolecular Hbond substituents is 2. The van der Waals surface area contributed by atoms with Gasteiger partial charge >= 0.3 is 0 Å². The van der Waals surface area contributed by atoms with Crippen LogP contribution in [0.5, 0.6) is 11.5 Å². The molecule has 188 valence electrons. The number of hydrogen-bond acceptors (Lipinski definition) is 6. The summed E-state index contributed by atoms with van der Waals surface area (Å²) in [6.45, 7) is 2.04.